The lowest BCUT2D eigenvalue weighted by Crippen LogP contribution is -2.26. The van der Waals surface area contributed by atoms with E-state index in [1.807, 2.05) is 36.4 Å². The number of hydrogen-bond donors (Lipinski definition) is 1. The van der Waals surface area contributed by atoms with Gasteiger partial charge in [-0.05, 0) is 20.8 Å². The second kappa shape index (κ2) is 8.25. The second-order valence-electron chi connectivity index (χ2n) is 4.41. The van der Waals surface area contributed by atoms with Gasteiger partial charge < -0.3 is 9.57 Å². The highest BCUT2D eigenvalue weighted by Gasteiger charge is 2.19. The van der Waals surface area contributed by atoms with Crippen LogP contribution in [0.1, 0.15) is 27.2 Å². The predicted octanol–water partition coefficient (Wildman–Crippen LogP) is 1.82. The van der Waals surface area contributed by atoms with Gasteiger partial charge in [0.25, 0.3) is 0 Å². The van der Waals surface area contributed by atoms with E-state index in [0.29, 0.717) is 0 Å². The third kappa shape index (κ3) is 10.6. The molecule has 0 spiro atoms. The molecule has 18 heavy (non-hydrogen) atoms. The molecule has 0 fully saturated rings. The summed E-state index contributed by atoms with van der Waals surface area (Å²) in [6.45, 7) is 5.12. The van der Waals surface area contributed by atoms with E-state index in [2.05, 4.69) is 10.7 Å². The van der Waals surface area contributed by atoms with Gasteiger partial charge >= 0.3 is 11.9 Å². The van der Waals surface area contributed by atoms with Crippen LogP contribution in [-0.4, -0.2) is 17.5 Å². The zero-order valence-corrected chi connectivity index (χ0v) is 10.9. The first-order valence-electron chi connectivity index (χ1n) is 5.46. The maximum Gasteiger partial charge on any atom is 0.335 e. The normalized spacial score (nSPS) is 9.78. The van der Waals surface area contributed by atoms with E-state index in [9.17, 15) is 9.59 Å². The molecule has 5 nitrogen and oxygen atoms in total. The van der Waals surface area contributed by atoms with Crippen LogP contribution in [0.5, 0.6) is 0 Å². The third-order valence-electron chi connectivity index (χ3n) is 1.51. The van der Waals surface area contributed by atoms with Crippen molar-refractivity contribution in [1.82, 2.24) is 0 Å². The zero-order chi connectivity index (χ0) is 14.0. The molecule has 0 bridgehead atoms. The minimum Gasteiger partial charge on any atom is -0.460 e. The van der Waals surface area contributed by atoms with Crippen molar-refractivity contribution in [2.24, 2.45) is 5.90 Å². The predicted molar refractivity (Wildman–Crippen MR) is 67.2 cm³/mol. The summed E-state index contributed by atoms with van der Waals surface area (Å²) in [6, 6.07) is 12.0. The third-order valence-corrected chi connectivity index (χ3v) is 1.51. The van der Waals surface area contributed by atoms with Gasteiger partial charge in [0.15, 0.2) is 0 Å². The minimum atomic E-state index is -0.802. The molecule has 1 aromatic rings. The van der Waals surface area contributed by atoms with Gasteiger partial charge in [-0.3, -0.25) is 4.79 Å². The average Bonchev–Trinajstić information content (AvgIpc) is 2.29. The summed E-state index contributed by atoms with van der Waals surface area (Å²) in [5.41, 5.74) is -0.591. The van der Waals surface area contributed by atoms with Crippen molar-refractivity contribution in [2.45, 2.75) is 32.8 Å². The molecule has 0 aromatic heterocycles. The lowest BCUT2D eigenvalue weighted by Gasteiger charge is -2.18. The molecule has 0 heterocycles. The molecule has 1 aromatic carbocycles. The molecule has 0 amide bonds. The molecular weight excluding hydrogens is 234 g/mol. The van der Waals surface area contributed by atoms with Crippen LogP contribution < -0.4 is 5.90 Å². The fourth-order valence-electron chi connectivity index (χ4n) is 0.922. The molecule has 1 rings (SSSR count). The van der Waals surface area contributed by atoms with Crippen LogP contribution in [0.4, 0.5) is 0 Å². The summed E-state index contributed by atoms with van der Waals surface area (Å²) in [7, 11) is 0. The highest BCUT2D eigenvalue weighted by molar-refractivity contribution is 5.91. The van der Waals surface area contributed by atoms with Crippen molar-refractivity contribution in [2.75, 3.05) is 0 Å². The maximum atomic E-state index is 10.8. The molecule has 5 heteroatoms. The first-order chi connectivity index (χ1) is 8.35. The Hall–Kier alpha value is -1.88. The van der Waals surface area contributed by atoms with Crippen molar-refractivity contribution in [3.63, 3.8) is 0 Å². The van der Waals surface area contributed by atoms with Gasteiger partial charge in [-0.2, -0.15) is 5.90 Å². The smallest absolute Gasteiger partial charge is 0.335 e. The molecule has 100 valence electrons. The van der Waals surface area contributed by atoms with E-state index in [1.165, 1.54) is 0 Å². The largest absolute Gasteiger partial charge is 0.460 e. The fourth-order valence-corrected chi connectivity index (χ4v) is 0.922. The molecule has 0 aliphatic heterocycles. The van der Waals surface area contributed by atoms with Gasteiger partial charge in [0.2, 0.25) is 0 Å². The van der Waals surface area contributed by atoms with Gasteiger partial charge in [0.05, 0.1) is 0 Å². The zero-order valence-electron chi connectivity index (χ0n) is 10.9. The van der Waals surface area contributed by atoms with Crippen LogP contribution in [-0.2, 0) is 19.2 Å². The summed E-state index contributed by atoms with van der Waals surface area (Å²) in [5, 5.41) is 0. The van der Waals surface area contributed by atoms with E-state index < -0.39 is 24.0 Å². The monoisotopic (exact) mass is 253 g/mol. The van der Waals surface area contributed by atoms with E-state index in [4.69, 9.17) is 4.74 Å². The molecule has 0 aliphatic carbocycles. The Balaban J connectivity index is 0.000000397. The lowest BCUT2D eigenvalue weighted by atomic mass is 10.2. The lowest BCUT2D eigenvalue weighted by molar-refractivity contribution is -0.161. The summed E-state index contributed by atoms with van der Waals surface area (Å²) in [4.78, 5) is 25.1. The van der Waals surface area contributed by atoms with Crippen LogP contribution in [0, 0.1) is 0 Å². The number of rotatable bonds is 2. The Labute approximate surface area is 107 Å². The Morgan fingerprint density at radius 2 is 1.33 bits per heavy atom. The quantitative estimate of drug-likeness (QED) is 0.494. The molecule has 0 aliphatic rings. The summed E-state index contributed by atoms with van der Waals surface area (Å²) < 4.78 is 4.81. The summed E-state index contributed by atoms with van der Waals surface area (Å²) in [5.74, 6) is 3.08. The molecular formula is C13H19NO4. The van der Waals surface area contributed by atoms with E-state index in [-0.39, 0.29) is 0 Å². The standard InChI is InChI=1S/C7H13NO4.C6H6/c1-7(2,3)11-5(9)4-6(10)12-8;1-2-4-6-5-3-1/h4,8H2,1-3H3;1-6H. The van der Waals surface area contributed by atoms with Gasteiger partial charge in [0.1, 0.15) is 12.0 Å². The van der Waals surface area contributed by atoms with Crippen LogP contribution in [0.25, 0.3) is 0 Å². The van der Waals surface area contributed by atoms with Gasteiger partial charge in [-0.15, -0.1) is 0 Å². The van der Waals surface area contributed by atoms with E-state index in [1.54, 1.807) is 20.8 Å². The number of carbonyl (C=O) groups excluding carboxylic acids is 2. The Morgan fingerprint density at radius 3 is 1.61 bits per heavy atom. The van der Waals surface area contributed by atoms with E-state index in [0.717, 1.165) is 0 Å². The molecule has 0 atom stereocenters. The topological polar surface area (TPSA) is 78.6 Å². The Bertz CT molecular complexity index is 330. The minimum absolute atomic E-state index is 0.451. The number of esters is 1. The number of benzene rings is 1. The fraction of sp³-hybridized carbons (Fsp3) is 0.385. The summed E-state index contributed by atoms with van der Waals surface area (Å²) >= 11 is 0. The molecule has 0 saturated carbocycles. The molecule has 0 radical (unpaired) electrons. The highest BCUT2D eigenvalue weighted by atomic mass is 16.7. The molecule has 0 saturated heterocycles. The van der Waals surface area contributed by atoms with Crippen molar-refractivity contribution in [3.8, 4) is 0 Å². The highest BCUT2D eigenvalue weighted by Crippen LogP contribution is 2.07. The number of carbonyl (C=O) groups is 2. The van der Waals surface area contributed by atoms with Crippen LogP contribution in [0.15, 0.2) is 36.4 Å². The number of nitrogens with two attached hydrogens (primary N) is 1. The molecule has 2 N–H and O–H groups in total. The first kappa shape index (κ1) is 16.1. The number of ether oxygens (including phenoxy) is 1. The van der Waals surface area contributed by atoms with Gasteiger partial charge in [-0.1, -0.05) is 36.4 Å². The van der Waals surface area contributed by atoms with Crippen LogP contribution >= 0.6 is 0 Å². The van der Waals surface area contributed by atoms with Crippen molar-refractivity contribution in [1.29, 1.82) is 0 Å². The van der Waals surface area contributed by atoms with Crippen LogP contribution in [0.3, 0.4) is 0 Å². The Kier molecular flexibility index (Phi) is 7.38. The first-order valence-corrected chi connectivity index (χ1v) is 5.46. The maximum absolute atomic E-state index is 10.8. The second-order valence-corrected chi connectivity index (χ2v) is 4.41. The average molecular weight is 253 g/mol. The van der Waals surface area contributed by atoms with Gasteiger partial charge in [-0.25, -0.2) is 4.79 Å². The summed E-state index contributed by atoms with van der Waals surface area (Å²) in [6.07, 6.45) is -0.451. The van der Waals surface area contributed by atoms with Crippen molar-refractivity contribution in [3.05, 3.63) is 36.4 Å². The molecule has 0 unspecified atom stereocenters. The SMILES string of the molecule is CC(C)(C)OC(=O)CC(=O)ON.c1ccccc1. The Morgan fingerprint density at radius 1 is 0.944 bits per heavy atom. The van der Waals surface area contributed by atoms with Crippen molar-refractivity contribution >= 4 is 11.9 Å². The van der Waals surface area contributed by atoms with E-state index >= 15 is 0 Å². The van der Waals surface area contributed by atoms with Crippen LogP contribution in [0.2, 0.25) is 0 Å². The van der Waals surface area contributed by atoms with Crippen molar-refractivity contribution < 1.29 is 19.2 Å². The number of hydrogen-bond acceptors (Lipinski definition) is 5. The van der Waals surface area contributed by atoms with Gasteiger partial charge in [0, 0.05) is 0 Å².